The molecule has 1 unspecified atom stereocenters. The number of benzene rings is 2. The molecule has 84 valence electrons. The molecule has 0 fully saturated rings. The molecule has 3 rings (SSSR count). The molecule has 0 aliphatic carbocycles. The van der Waals surface area contributed by atoms with Gasteiger partial charge in [-0.3, -0.25) is 0 Å². The van der Waals surface area contributed by atoms with Crippen molar-refractivity contribution in [2.24, 2.45) is 0 Å². The second kappa shape index (κ2) is 3.98. The number of para-hydroxylation sites is 1. The molecule has 2 heteroatoms. The maximum absolute atomic E-state index is 9.76. The van der Waals surface area contributed by atoms with E-state index in [4.69, 9.17) is 4.74 Å². The Balaban J connectivity index is 1.99. The summed E-state index contributed by atoms with van der Waals surface area (Å²) in [6.07, 6.45) is 3.85. The summed E-state index contributed by atoms with van der Waals surface area (Å²) in [6.45, 7) is 0. The SMILES string of the molecule is Oc1cccc2c1OC(c1ccccc1)C=C2. The minimum absolute atomic E-state index is 0.128. The molecule has 2 nitrogen and oxygen atoms in total. The number of hydrogen-bond acceptors (Lipinski definition) is 2. The summed E-state index contributed by atoms with van der Waals surface area (Å²) in [5.41, 5.74) is 2.00. The van der Waals surface area contributed by atoms with Crippen LogP contribution in [0.25, 0.3) is 6.08 Å². The first-order valence-electron chi connectivity index (χ1n) is 5.56. The zero-order valence-corrected chi connectivity index (χ0v) is 9.21. The highest BCUT2D eigenvalue weighted by molar-refractivity contribution is 5.64. The molecular weight excluding hydrogens is 212 g/mol. The van der Waals surface area contributed by atoms with Crippen molar-refractivity contribution < 1.29 is 9.84 Å². The Bertz CT molecular complexity index is 558. The van der Waals surface area contributed by atoms with Gasteiger partial charge in [0.2, 0.25) is 0 Å². The fraction of sp³-hybridized carbons (Fsp3) is 0.0667. The van der Waals surface area contributed by atoms with Crippen LogP contribution in [0.4, 0.5) is 0 Å². The van der Waals surface area contributed by atoms with Crippen molar-refractivity contribution in [2.75, 3.05) is 0 Å². The Labute approximate surface area is 99.8 Å². The van der Waals surface area contributed by atoms with Crippen LogP contribution in [0, 0.1) is 0 Å². The molecule has 0 saturated heterocycles. The molecule has 1 heterocycles. The second-order valence-electron chi connectivity index (χ2n) is 4.00. The Kier molecular flexibility index (Phi) is 2.33. The van der Waals surface area contributed by atoms with Gasteiger partial charge in [0.15, 0.2) is 11.5 Å². The summed E-state index contributed by atoms with van der Waals surface area (Å²) in [4.78, 5) is 0. The standard InChI is InChI=1S/C15H12O2/c16-13-8-4-7-12-9-10-14(17-15(12)13)11-5-2-1-3-6-11/h1-10,14,16H. The summed E-state index contributed by atoms with van der Waals surface area (Å²) >= 11 is 0. The van der Waals surface area contributed by atoms with Gasteiger partial charge in [0.05, 0.1) is 0 Å². The largest absolute Gasteiger partial charge is 0.504 e. The lowest BCUT2D eigenvalue weighted by atomic mass is 10.0. The first-order valence-corrected chi connectivity index (χ1v) is 5.56. The van der Waals surface area contributed by atoms with Crippen LogP contribution in [-0.2, 0) is 0 Å². The molecule has 1 aliphatic heterocycles. The van der Waals surface area contributed by atoms with Crippen molar-refractivity contribution in [3.63, 3.8) is 0 Å². The van der Waals surface area contributed by atoms with Crippen molar-refractivity contribution >= 4 is 6.08 Å². The number of aromatic hydroxyl groups is 1. The molecule has 0 bridgehead atoms. The Morgan fingerprint density at radius 1 is 0.941 bits per heavy atom. The van der Waals surface area contributed by atoms with E-state index in [9.17, 15) is 5.11 Å². The quantitative estimate of drug-likeness (QED) is 0.802. The number of rotatable bonds is 1. The van der Waals surface area contributed by atoms with Gasteiger partial charge in [0.25, 0.3) is 0 Å². The minimum Gasteiger partial charge on any atom is -0.504 e. The summed E-state index contributed by atoms with van der Waals surface area (Å²) < 4.78 is 5.81. The molecule has 0 aromatic heterocycles. The zero-order valence-electron chi connectivity index (χ0n) is 9.21. The van der Waals surface area contributed by atoms with Gasteiger partial charge in [-0.2, -0.15) is 0 Å². The predicted octanol–water partition coefficient (Wildman–Crippen LogP) is 3.54. The molecular formula is C15H12O2. The Hall–Kier alpha value is -2.22. The van der Waals surface area contributed by atoms with Crippen molar-refractivity contribution in [3.8, 4) is 11.5 Å². The average molecular weight is 224 g/mol. The number of fused-ring (bicyclic) bond motifs is 1. The van der Waals surface area contributed by atoms with Crippen LogP contribution in [0.1, 0.15) is 17.2 Å². The normalized spacial score (nSPS) is 17.3. The Morgan fingerprint density at radius 2 is 1.76 bits per heavy atom. The van der Waals surface area contributed by atoms with E-state index in [1.807, 2.05) is 54.6 Å². The smallest absolute Gasteiger partial charge is 0.169 e. The molecule has 17 heavy (non-hydrogen) atoms. The molecule has 0 radical (unpaired) electrons. The van der Waals surface area contributed by atoms with Crippen LogP contribution in [0.2, 0.25) is 0 Å². The van der Waals surface area contributed by atoms with E-state index in [-0.39, 0.29) is 11.9 Å². The molecule has 2 aromatic carbocycles. The van der Waals surface area contributed by atoms with Gasteiger partial charge in [-0.25, -0.2) is 0 Å². The number of phenols is 1. The van der Waals surface area contributed by atoms with Crippen LogP contribution in [0.3, 0.4) is 0 Å². The van der Waals surface area contributed by atoms with Gasteiger partial charge < -0.3 is 9.84 Å². The highest BCUT2D eigenvalue weighted by Crippen LogP contribution is 2.38. The number of ether oxygens (including phenoxy) is 1. The van der Waals surface area contributed by atoms with Crippen molar-refractivity contribution in [1.29, 1.82) is 0 Å². The lowest BCUT2D eigenvalue weighted by Crippen LogP contribution is -2.08. The van der Waals surface area contributed by atoms with Gasteiger partial charge in [-0.1, -0.05) is 48.5 Å². The van der Waals surface area contributed by atoms with Crippen LogP contribution in [0.15, 0.2) is 54.6 Å². The third-order valence-electron chi connectivity index (χ3n) is 2.85. The van der Waals surface area contributed by atoms with Crippen LogP contribution >= 0.6 is 0 Å². The topological polar surface area (TPSA) is 29.5 Å². The van der Waals surface area contributed by atoms with Crippen molar-refractivity contribution in [3.05, 3.63) is 65.7 Å². The lowest BCUT2D eigenvalue weighted by molar-refractivity contribution is 0.240. The van der Waals surface area contributed by atoms with E-state index >= 15 is 0 Å². The van der Waals surface area contributed by atoms with E-state index in [0.717, 1.165) is 11.1 Å². The number of phenolic OH excluding ortho intramolecular Hbond substituents is 1. The fourth-order valence-corrected chi connectivity index (χ4v) is 1.98. The second-order valence-corrected chi connectivity index (χ2v) is 4.00. The van der Waals surface area contributed by atoms with Gasteiger partial charge in [-0.05, 0) is 17.7 Å². The van der Waals surface area contributed by atoms with Crippen molar-refractivity contribution in [1.82, 2.24) is 0 Å². The molecule has 1 N–H and O–H groups in total. The fourth-order valence-electron chi connectivity index (χ4n) is 1.98. The maximum Gasteiger partial charge on any atom is 0.169 e. The van der Waals surface area contributed by atoms with Gasteiger partial charge in [-0.15, -0.1) is 0 Å². The van der Waals surface area contributed by atoms with E-state index in [0.29, 0.717) is 5.75 Å². The molecule has 0 saturated carbocycles. The molecule has 1 atom stereocenters. The highest BCUT2D eigenvalue weighted by Gasteiger charge is 2.18. The Morgan fingerprint density at radius 3 is 2.59 bits per heavy atom. The average Bonchev–Trinajstić information content (AvgIpc) is 2.40. The van der Waals surface area contributed by atoms with E-state index in [1.165, 1.54) is 0 Å². The molecule has 1 aliphatic rings. The van der Waals surface area contributed by atoms with Gasteiger partial charge in [0.1, 0.15) is 6.10 Å². The van der Waals surface area contributed by atoms with E-state index < -0.39 is 0 Å². The van der Waals surface area contributed by atoms with Crippen LogP contribution in [-0.4, -0.2) is 5.11 Å². The van der Waals surface area contributed by atoms with E-state index in [2.05, 4.69) is 0 Å². The summed E-state index contributed by atoms with van der Waals surface area (Å²) in [5.74, 6) is 0.747. The zero-order chi connectivity index (χ0) is 11.7. The third-order valence-corrected chi connectivity index (χ3v) is 2.85. The predicted molar refractivity (Wildman–Crippen MR) is 67.0 cm³/mol. The molecule has 0 spiro atoms. The summed E-state index contributed by atoms with van der Waals surface area (Å²) in [5, 5.41) is 9.76. The minimum atomic E-state index is -0.128. The van der Waals surface area contributed by atoms with E-state index in [1.54, 1.807) is 6.07 Å². The number of hydrogen-bond donors (Lipinski definition) is 1. The highest BCUT2D eigenvalue weighted by atomic mass is 16.5. The van der Waals surface area contributed by atoms with Crippen LogP contribution < -0.4 is 4.74 Å². The first-order chi connectivity index (χ1) is 8.34. The van der Waals surface area contributed by atoms with Gasteiger partial charge >= 0.3 is 0 Å². The van der Waals surface area contributed by atoms with Crippen LogP contribution in [0.5, 0.6) is 11.5 Å². The third kappa shape index (κ3) is 1.78. The maximum atomic E-state index is 9.76. The van der Waals surface area contributed by atoms with Gasteiger partial charge in [0, 0.05) is 5.56 Å². The monoisotopic (exact) mass is 224 g/mol. The lowest BCUT2D eigenvalue weighted by Gasteiger charge is -2.22. The first kappa shape index (κ1) is 9.97. The molecule has 2 aromatic rings. The van der Waals surface area contributed by atoms with Crippen molar-refractivity contribution in [2.45, 2.75) is 6.10 Å². The summed E-state index contributed by atoms with van der Waals surface area (Å²) in [6, 6.07) is 15.3. The molecule has 0 amide bonds. The summed E-state index contributed by atoms with van der Waals surface area (Å²) in [7, 11) is 0.